The minimum absolute atomic E-state index is 0.0478. The summed E-state index contributed by atoms with van der Waals surface area (Å²) in [7, 11) is 0. The van der Waals surface area contributed by atoms with E-state index >= 15 is 0 Å². The molecule has 1 unspecified atom stereocenters. The molecule has 0 bridgehead atoms. The molecular weight excluding hydrogens is 408 g/mol. The molecule has 1 aliphatic rings. The lowest BCUT2D eigenvalue weighted by atomic mass is 10.0. The molecule has 0 radical (unpaired) electrons. The van der Waals surface area contributed by atoms with Crippen molar-refractivity contribution in [3.63, 3.8) is 0 Å². The van der Waals surface area contributed by atoms with E-state index in [0.717, 1.165) is 40.4 Å². The quantitative estimate of drug-likeness (QED) is 0.598. The van der Waals surface area contributed by atoms with Crippen LogP contribution in [0.2, 0.25) is 0 Å². The maximum Gasteiger partial charge on any atom is 0.319 e. The molecule has 6 nitrogen and oxygen atoms in total. The number of thiazole rings is 1. The molecule has 7 heteroatoms. The maximum atomic E-state index is 13.5. The zero-order valence-corrected chi connectivity index (χ0v) is 18.3. The molecule has 31 heavy (non-hydrogen) atoms. The first-order valence-electron chi connectivity index (χ1n) is 10.6. The molecule has 2 heterocycles. The number of hydrogen-bond acceptors (Lipinski definition) is 4. The van der Waals surface area contributed by atoms with Gasteiger partial charge in [0.2, 0.25) is 0 Å². The Labute approximate surface area is 186 Å². The number of nitrogens with zero attached hydrogens (tertiary/aromatic N) is 2. The highest BCUT2D eigenvalue weighted by Gasteiger charge is 2.31. The number of nitrogens with one attached hydrogen (secondary N) is 2. The third kappa shape index (κ3) is 5.11. The zero-order valence-electron chi connectivity index (χ0n) is 17.5. The average Bonchev–Trinajstić information content (AvgIpc) is 3.20. The lowest BCUT2D eigenvalue weighted by Crippen LogP contribution is -2.50. The van der Waals surface area contributed by atoms with Gasteiger partial charge in [-0.25, -0.2) is 9.78 Å². The fourth-order valence-corrected chi connectivity index (χ4v) is 4.80. The third-order valence-electron chi connectivity index (χ3n) is 5.39. The fraction of sp³-hybridized carbons (Fsp3) is 0.292. The summed E-state index contributed by atoms with van der Waals surface area (Å²) in [5, 5.41) is 6.63. The predicted molar refractivity (Wildman–Crippen MR) is 124 cm³/mol. The summed E-state index contributed by atoms with van der Waals surface area (Å²) >= 11 is 1.54. The topological polar surface area (TPSA) is 74.3 Å². The molecule has 4 rings (SSSR count). The van der Waals surface area contributed by atoms with Crippen molar-refractivity contribution in [1.29, 1.82) is 0 Å². The van der Waals surface area contributed by atoms with Crippen LogP contribution < -0.4 is 10.6 Å². The van der Waals surface area contributed by atoms with Crippen LogP contribution in [0.4, 0.5) is 10.5 Å². The van der Waals surface area contributed by atoms with E-state index in [1.165, 1.54) is 0 Å². The number of piperidine rings is 1. The van der Waals surface area contributed by atoms with Crippen LogP contribution in [0.15, 0.2) is 60.7 Å². The molecule has 0 aliphatic carbocycles. The predicted octanol–water partition coefficient (Wildman–Crippen LogP) is 4.93. The summed E-state index contributed by atoms with van der Waals surface area (Å²) < 4.78 is 0. The van der Waals surface area contributed by atoms with E-state index in [0.29, 0.717) is 18.8 Å². The van der Waals surface area contributed by atoms with E-state index in [-0.39, 0.29) is 18.0 Å². The van der Waals surface area contributed by atoms with Gasteiger partial charge >= 0.3 is 6.03 Å². The molecule has 3 amide bonds. The van der Waals surface area contributed by atoms with E-state index in [2.05, 4.69) is 15.6 Å². The number of likely N-dealkylation sites (tertiary alicyclic amines) is 1. The number of anilines is 1. The van der Waals surface area contributed by atoms with Crippen molar-refractivity contribution in [2.24, 2.45) is 0 Å². The van der Waals surface area contributed by atoms with Crippen molar-refractivity contribution in [3.05, 3.63) is 71.4 Å². The Morgan fingerprint density at radius 2 is 1.77 bits per heavy atom. The van der Waals surface area contributed by atoms with Gasteiger partial charge in [0.1, 0.15) is 5.69 Å². The second kappa shape index (κ2) is 9.75. The lowest BCUT2D eigenvalue weighted by Gasteiger charge is -2.35. The first-order chi connectivity index (χ1) is 15.1. The summed E-state index contributed by atoms with van der Waals surface area (Å²) in [4.78, 5) is 33.2. The molecular formula is C24H26N4O2S. The molecule has 2 aromatic carbocycles. The highest BCUT2D eigenvalue weighted by atomic mass is 32.1. The monoisotopic (exact) mass is 434 g/mol. The van der Waals surface area contributed by atoms with Gasteiger partial charge in [0, 0.05) is 24.8 Å². The maximum absolute atomic E-state index is 13.5. The van der Waals surface area contributed by atoms with Gasteiger partial charge in [-0.3, -0.25) is 4.79 Å². The van der Waals surface area contributed by atoms with Crippen molar-refractivity contribution in [2.45, 2.75) is 32.2 Å². The number of rotatable bonds is 5. The minimum atomic E-state index is -0.265. The van der Waals surface area contributed by atoms with Crippen molar-refractivity contribution in [2.75, 3.05) is 18.4 Å². The second-order valence-corrected chi connectivity index (χ2v) is 8.83. The van der Waals surface area contributed by atoms with Crippen LogP contribution >= 0.6 is 11.3 Å². The van der Waals surface area contributed by atoms with Crippen molar-refractivity contribution in [3.8, 4) is 10.4 Å². The van der Waals surface area contributed by atoms with Gasteiger partial charge in [0.25, 0.3) is 5.91 Å². The van der Waals surface area contributed by atoms with Gasteiger partial charge < -0.3 is 15.5 Å². The summed E-state index contributed by atoms with van der Waals surface area (Å²) in [5.41, 5.74) is 2.25. The van der Waals surface area contributed by atoms with Gasteiger partial charge in [-0.1, -0.05) is 48.5 Å². The summed E-state index contributed by atoms with van der Waals surface area (Å²) in [6.07, 6.45) is 2.86. The Kier molecular flexibility index (Phi) is 6.62. The summed E-state index contributed by atoms with van der Waals surface area (Å²) in [5.74, 6) is -0.0572. The van der Waals surface area contributed by atoms with Crippen LogP contribution in [-0.4, -0.2) is 41.0 Å². The molecule has 1 aromatic heterocycles. The fourth-order valence-electron chi connectivity index (χ4n) is 3.88. The number of carbonyl (C=O) groups excluding carboxylic acids is 2. The zero-order chi connectivity index (χ0) is 21.6. The van der Waals surface area contributed by atoms with Crippen molar-refractivity contribution in [1.82, 2.24) is 15.2 Å². The molecule has 1 atom stereocenters. The molecule has 2 N–H and O–H groups in total. The molecule has 1 saturated heterocycles. The lowest BCUT2D eigenvalue weighted by molar-refractivity contribution is 0.0611. The van der Waals surface area contributed by atoms with E-state index in [9.17, 15) is 9.59 Å². The average molecular weight is 435 g/mol. The number of benzene rings is 2. The second-order valence-electron chi connectivity index (χ2n) is 7.63. The summed E-state index contributed by atoms with van der Waals surface area (Å²) in [6.45, 7) is 3.02. The van der Waals surface area contributed by atoms with Crippen LogP contribution in [0, 0.1) is 6.92 Å². The standard InChI is InChI=1S/C24H26N4O2S/c1-17-26-21(22(31-17)18-10-4-2-5-11-18)23(29)28-15-9-8-14-20(28)16-25-24(30)27-19-12-6-3-7-13-19/h2-7,10-13,20H,8-9,14-16H2,1H3,(H2,25,27,30). The Morgan fingerprint density at radius 3 is 2.52 bits per heavy atom. The van der Waals surface area contributed by atoms with Crippen LogP contribution in [0.5, 0.6) is 0 Å². The number of amides is 3. The Balaban J connectivity index is 1.46. The molecule has 1 aliphatic heterocycles. The van der Waals surface area contributed by atoms with Gasteiger partial charge in [-0.15, -0.1) is 11.3 Å². The van der Waals surface area contributed by atoms with Crippen molar-refractivity contribution < 1.29 is 9.59 Å². The van der Waals surface area contributed by atoms with Crippen LogP contribution in [0.1, 0.15) is 34.8 Å². The van der Waals surface area contributed by atoms with E-state index < -0.39 is 0 Å². The third-order valence-corrected chi connectivity index (χ3v) is 6.41. The highest BCUT2D eigenvalue weighted by Crippen LogP contribution is 2.32. The normalized spacial score (nSPS) is 16.0. The van der Waals surface area contributed by atoms with E-state index in [1.54, 1.807) is 11.3 Å². The van der Waals surface area contributed by atoms with Crippen LogP contribution in [-0.2, 0) is 0 Å². The highest BCUT2D eigenvalue weighted by molar-refractivity contribution is 7.15. The number of hydrogen-bond donors (Lipinski definition) is 2. The van der Waals surface area contributed by atoms with E-state index in [1.807, 2.05) is 72.5 Å². The first kappa shape index (κ1) is 21.1. The molecule has 0 spiro atoms. The molecule has 0 saturated carbocycles. The first-order valence-corrected chi connectivity index (χ1v) is 11.4. The van der Waals surface area contributed by atoms with Gasteiger partial charge in [0.05, 0.1) is 9.88 Å². The Bertz CT molecular complexity index is 1040. The largest absolute Gasteiger partial charge is 0.336 e. The molecule has 1 fully saturated rings. The van der Waals surface area contributed by atoms with Crippen LogP contribution in [0.3, 0.4) is 0 Å². The molecule has 160 valence electrons. The van der Waals surface area contributed by atoms with Crippen molar-refractivity contribution >= 4 is 29.0 Å². The number of para-hydroxylation sites is 1. The smallest absolute Gasteiger partial charge is 0.319 e. The summed E-state index contributed by atoms with van der Waals surface area (Å²) in [6, 6.07) is 18.9. The number of aryl methyl sites for hydroxylation is 1. The molecule has 3 aromatic rings. The van der Waals surface area contributed by atoms with Crippen LogP contribution in [0.25, 0.3) is 10.4 Å². The van der Waals surface area contributed by atoms with Gasteiger partial charge in [0.15, 0.2) is 0 Å². The Hall–Kier alpha value is -3.19. The SMILES string of the molecule is Cc1nc(C(=O)N2CCCCC2CNC(=O)Nc2ccccc2)c(-c2ccccc2)s1. The van der Waals surface area contributed by atoms with Gasteiger partial charge in [-0.2, -0.15) is 0 Å². The number of urea groups is 1. The van der Waals surface area contributed by atoms with Gasteiger partial charge in [-0.05, 0) is 43.9 Å². The Morgan fingerprint density at radius 1 is 1.06 bits per heavy atom. The number of carbonyl (C=O) groups is 2. The minimum Gasteiger partial charge on any atom is -0.336 e. The number of aromatic nitrogens is 1. The van der Waals surface area contributed by atoms with E-state index in [4.69, 9.17) is 0 Å².